The monoisotopic (exact) mass is 194 g/mol. The van der Waals surface area contributed by atoms with E-state index in [-0.39, 0.29) is 0 Å². The van der Waals surface area contributed by atoms with E-state index >= 15 is 0 Å². The van der Waals surface area contributed by atoms with Crippen molar-refractivity contribution in [1.82, 2.24) is 0 Å². The number of allylic oxidation sites excluding steroid dienone is 1. The van der Waals surface area contributed by atoms with Crippen molar-refractivity contribution < 1.29 is 4.74 Å². The van der Waals surface area contributed by atoms with Crippen LogP contribution >= 0.6 is 23.2 Å². The zero-order valence-electron chi connectivity index (χ0n) is 6.73. The van der Waals surface area contributed by atoms with Gasteiger partial charge in [0.2, 0.25) is 0 Å². The van der Waals surface area contributed by atoms with Gasteiger partial charge in [0.15, 0.2) is 0 Å². The minimum absolute atomic E-state index is 0.384. The van der Waals surface area contributed by atoms with Gasteiger partial charge < -0.3 is 4.74 Å². The van der Waals surface area contributed by atoms with Crippen LogP contribution in [-0.2, 0) is 4.74 Å². The third-order valence-corrected chi connectivity index (χ3v) is 1.56. The van der Waals surface area contributed by atoms with E-state index in [1.54, 1.807) is 0 Å². The standard InChI is InChI=1S/C8H12Cl2O/c1-7(2)3-4-11-6-8(10)5-9/h3,5H,4,6H2,1-2H3/b8-5-. The molecule has 0 aliphatic heterocycles. The first-order valence-electron chi connectivity index (χ1n) is 3.32. The fourth-order valence-corrected chi connectivity index (χ4v) is 0.554. The van der Waals surface area contributed by atoms with Gasteiger partial charge in [0.25, 0.3) is 0 Å². The van der Waals surface area contributed by atoms with Crippen LogP contribution in [0.25, 0.3) is 0 Å². The number of hydrogen-bond acceptors (Lipinski definition) is 1. The van der Waals surface area contributed by atoms with Crippen molar-refractivity contribution in [3.05, 3.63) is 22.2 Å². The van der Waals surface area contributed by atoms with Gasteiger partial charge in [-0.2, -0.15) is 0 Å². The smallest absolute Gasteiger partial charge is 0.0836 e. The Kier molecular flexibility index (Phi) is 6.73. The van der Waals surface area contributed by atoms with Gasteiger partial charge in [-0.1, -0.05) is 34.9 Å². The van der Waals surface area contributed by atoms with Crippen LogP contribution in [0.15, 0.2) is 22.2 Å². The molecule has 1 nitrogen and oxygen atoms in total. The molecule has 0 unspecified atom stereocenters. The highest BCUT2D eigenvalue weighted by Crippen LogP contribution is 2.03. The predicted octanol–water partition coefficient (Wildman–Crippen LogP) is 3.29. The summed E-state index contributed by atoms with van der Waals surface area (Å²) in [6.45, 7) is 5.00. The molecule has 0 radical (unpaired) electrons. The van der Waals surface area contributed by atoms with E-state index in [0.29, 0.717) is 18.2 Å². The van der Waals surface area contributed by atoms with Gasteiger partial charge in [-0.15, -0.1) is 0 Å². The third-order valence-electron chi connectivity index (χ3n) is 0.968. The molecule has 0 rings (SSSR count). The van der Waals surface area contributed by atoms with Crippen LogP contribution in [0.2, 0.25) is 0 Å². The second kappa shape index (κ2) is 6.71. The number of hydrogen-bond donors (Lipinski definition) is 0. The highest BCUT2D eigenvalue weighted by molar-refractivity contribution is 6.36. The first-order chi connectivity index (χ1) is 5.16. The molecule has 0 aromatic rings. The molecule has 0 amide bonds. The van der Waals surface area contributed by atoms with Crippen LogP contribution in [0.4, 0.5) is 0 Å². The molecule has 64 valence electrons. The number of ether oxygens (including phenoxy) is 1. The molecule has 0 aromatic carbocycles. The van der Waals surface area contributed by atoms with Crippen molar-refractivity contribution in [2.24, 2.45) is 0 Å². The third kappa shape index (κ3) is 7.92. The highest BCUT2D eigenvalue weighted by Gasteiger charge is 1.89. The molecule has 0 spiro atoms. The van der Waals surface area contributed by atoms with Crippen LogP contribution in [0.3, 0.4) is 0 Å². The second-order valence-corrected chi connectivity index (χ2v) is 3.06. The van der Waals surface area contributed by atoms with E-state index in [4.69, 9.17) is 27.9 Å². The van der Waals surface area contributed by atoms with Crippen LogP contribution in [0.5, 0.6) is 0 Å². The summed E-state index contributed by atoms with van der Waals surface area (Å²) in [7, 11) is 0. The van der Waals surface area contributed by atoms with Gasteiger partial charge in [-0.3, -0.25) is 0 Å². The Balaban J connectivity index is 3.36. The van der Waals surface area contributed by atoms with Gasteiger partial charge in [0.1, 0.15) is 0 Å². The highest BCUT2D eigenvalue weighted by atomic mass is 35.5. The summed E-state index contributed by atoms with van der Waals surface area (Å²) < 4.78 is 5.14. The van der Waals surface area contributed by atoms with E-state index in [0.717, 1.165) is 0 Å². The summed E-state index contributed by atoms with van der Waals surface area (Å²) in [6, 6.07) is 0. The molecular formula is C8H12Cl2O. The molecule has 0 saturated carbocycles. The van der Waals surface area contributed by atoms with Crippen molar-refractivity contribution >= 4 is 23.2 Å². The average Bonchev–Trinajstić information content (AvgIpc) is 1.97. The van der Waals surface area contributed by atoms with Crippen LogP contribution in [0, 0.1) is 0 Å². The molecule has 3 heteroatoms. The Morgan fingerprint density at radius 2 is 2.09 bits per heavy atom. The lowest BCUT2D eigenvalue weighted by atomic mass is 10.3. The Morgan fingerprint density at radius 1 is 1.45 bits per heavy atom. The summed E-state index contributed by atoms with van der Waals surface area (Å²) in [5.74, 6) is 0. The van der Waals surface area contributed by atoms with Gasteiger partial charge >= 0.3 is 0 Å². The van der Waals surface area contributed by atoms with Crippen LogP contribution < -0.4 is 0 Å². The molecule has 0 fully saturated rings. The van der Waals surface area contributed by atoms with E-state index in [2.05, 4.69) is 0 Å². The molecule has 0 N–H and O–H groups in total. The second-order valence-electron chi connectivity index (χ2n) is 2.35. The summed E-state index contributed by atoms with van der Waals surface area (Å²) >= 11 is 10.9. The lowest BCUT2D eigenvalue weighted by Gasteiger charge is -1.98. The number of halogens is 2. The average molecular weight is 195 g/mol. The fraction of sp³-hybridized carbons (Fsp3) is 0.500. The predicted molar refractivity (Wildman–Crippen MR) is 50.0 cm³/mol. The molecule has 0 atom stereocenters. The SMILES string of the molecule is CC(C)=CCOC/C(Cl)=C/Cl. The van der Waals surface area contributed by atoms with Gasteiger partial charge in [-0.05, 0) is 13.8 Å². The van der Waals surface area contributed by atoms with Crippen molar-refractivity contribution in [2.75, 3.05) is 13.2 Å². The normalized spacial score (nSPS) is 11.5. The summed E-state index contributed by atoms with van der Waals surface area (Å²) in [6.07, 6.45) is 1.98. The first-order valence-corrected chi connectivity index (χ1v) is 4.14. The van der Waals surface area contributed by atoms with Crippen molar-refractivity contribution in [3.8, 4) is 0 Å². The molecule has 11 heavy (non-hydrogen) atoms. The van der Waals surface area contributed by atoms with Gasteiger partial charge in [0, 0.05) is 5.54 Å². The van der Waals surface area contributed by atoms with Crippen LogP contribution in [-0.4, -0.2) is 13.2 Å². The zero-order valence-corrected chi connectivity index (χ0v) is 8.24. The maximum absolute atomic E-state index is 5.56. The largest absolute Gasteiger partial charge is 0.372 e. The molecule has 0 aromatic heterocycles. The summed E-state index contributed by atoms with van der Waals surface area (Å²) in [5.41, 5.74) is 2.54. The minimum atomic E-state index is 0.384. The molecular weight excluding hydrogens is 183 g/mol. The Bertz CT molecular complexity index is 157. The van der Waals surface area contributed by atoms with Crippen LogP contribution in [0.1, 0.15) is 13.8 Å². The molecule has 0 saturated heterocycles. The Morgan fingerprint density at radius 3 is 2.55 bits per heavy atom. The van der Waals surface area contributed by atoms with E-state index in [1.807, 2.05) is 19.9 Å². The topological polar surface area (TPSA) is 9.23 Å². The maximum atomic E-state index is 5.56. The van der Waals surface area contributed by atoms with E-state index in [9.17, 15) is 0 Å². The first kappa shape index (κ1) is 11.0. The van der Waals surface area contributed by atoms with E-state index in [1.165, 1.54) is 11.1 Å². The summed E-state index contributed by atoms with van der Waals surface area (Å²) in [4.78, 5) is 0. The molecule has 0 heterocycles. The minimum Gasteiger partial charge on any atom is -0.372 e. The Labute approximate surface area is 77.6 Å². The maximum Gasteiger partial charge on any atom is 0.0836 e. The van der Waals surface area contributed by atoms with E-state index < -0.39 is 0 Å². The molecule has 0 aliphatic rings. The summed E-state index contributed by atoms with van der Waals surface area (Å²) in [5, 5.41) is 0.522. The lowest BCUT2D eigenvalue weighted by Crippen LogP contribution is -1.93. The lowest BCUT2D eigenvalue weighted by molar-refractivity contribution is 0.191. The quantitative estimate of drug-likeness (QED) is 0.494. The van der Waals surface area contributed by atoms with Crippen molar-refractivity contribution in [2.45, 2.75) is 13.8 Å². The molecule has 0 bridgehead atoms. The zero-order chi connectivity index (χ0) is 8.69. The number of rotatable bonds is 4. The van der Waals surface area contributed by atoms with Gasteiger partial charge in [-0.25, -0.2) is 0 Å². The van der Waals surface area contributed by atoms with Gasteiger partial charge in [0.05, 0.1) is 18.2 Å². The van der Waals surface area contributed by atoms with Crippen molar-refractivity contribution in [3.63, 3.8) is 0 Å². The molecule has 0 aliphatic carbocycles. The Hall–Kier alpha value is 0.0200. The fourth-order valence-electron chi connectivity index (χ4n) is 0.414. The van der Waals surface area contributed by atoms with Crippen molar-refractivity contribution in [1.29, 1.82) is 0 Å².